The monoisotopic (exact) mass is 280 g/mol. The fraction of sp³-hybridized carbons (Fsp3) is 0.692. The van der Waals surface area contributed by atoms with Crippen molar-refractivity contribution in [2.24, 2.45) is 0 Å². The zero-order valence-corrected chi connectivity index (χ0v) is 11.7. The molecule has 0 aliphatic carbocycles. The molecule has 2 saturated heterocycles. The van der Waals surface area contributed by atoms with E-state index in [1.165, 1.54) is 6.33 Å². The van der Waals surface area contributed by atoms with Crippen molar-refractivity contribution in [3.8, 4) is 5.88 Å². The van der Waals surface area contributed by atoms with Crippen molar-refractivity contribution in [1.29, 1.82) is 0 Å². The molecule has 2 N–H and O–H groups in total. The summed E-state index contributed by atoms with van der Waals surface area (Å²) in [4.78, 5) is 10.5. The lowest BCUT2D eigenvalue weighted by atomic mass is 10.0. The number of hydrogen-bond donors (Lipinski definition) is 1. The Kier molecular flexibility index (Phi) is 3.62. The van der Waals surface area contributed by atoms with E-state index >= 15 is 0 Å². The van der Waals surface area contributed by atoms with Crippen molar-refractivity contribution in [3.63, 3.8) is 0 Å². The highest BCUT2D eigenvalue weighted by atomic mass is 16.7. The summed E-state index contributed by atoms with van der Waals surface area (Å²) in [6.07, 6.45) is 3.37. The standard InChI is InChI=1S/C13H20N4O3/c1-2-18-12-10(14)11(15-9-16-12)17-5-3-4-13(8-17)19-6-7-20-13/h9H,2-8,14H2,1H3. The van der Waals surface area contributed by atoms with E-state index in [2.05, 4.69) is 14.9 Å². The van der Waals surface area contributed by atoms with Gasteiger partial charge < -0.3 is 24.8 Å². The van der Waals surface area contributed by atoms with Crippen LogP contribution in [0.2, 0.25) is 0 Å². The zero-order valence-electron chi connectivity index (χ0n) is 11.7. The normalized spacial score (nSPS) is 21.4. The lowest BCUT2D eigenvalue weighted by Crippen LogP contribution is -2.49. The van der Waals surface area contributed by atoms with Crippen molar-refractivity contribution in [2.75, 3.05) is 43.5 Å². The lowest BCUT2D eigenvalue weighted by molar-refractivity contribution is -0.161. The van der Waals surface area contributed by atoms with Crippen LogP contribution in [-0.2, 0) is 9.47 Å². The van der Waals surface area contributed by atoms with Gasteiger partial charge in [-0.3, -0.25) is 0 Å². The van der Waals surface area contributed by atoms with E-state index in [1.54, 1.807) is 0 Å². The van der Waals surface area contributed by atoms with Gasteiger partial charge in [0, 0.05) is 13.0 Å². The van der Waals surface area contributed by atoms with Gasteiger partial charge in [-0.25, -0.2) is 4.98 Å². The molecule has 3 heterocycles. The van der Waals surface area contributed by atoms with Crippen LogP contribution in [-0.4, -0.2) is 48.7 Å². The molecule has 0 aromatic carbocycles. The van der Waals surface area contributed by atoms with Crippen LogP contribution in [0.1, 0.15) is 19.8 Å². The SMILES string of the molecule is CCOc1ncnc(N2CCCC3(C2)OCCO3)c1N. The first-order valence-electron chi connectivity index (χ1n) is 7.00. The van der Waals surface area contributed by atoms with E-state index < -0.39 is 5.79 Å². The van der Waals surface area contributed by atoms with Gasteiger partial charge in [-0.2, -0.15) is 4.98 Å². The van der Waals surface area contributed by atoms with Crippen LogP contribution in [0.3, 0.4) is 0 Å². The molecule has 0 radical (unpaired) electrons. The number of rotatable bonds is 3. The van der Waals surface area contributed by atoms with Gasteiger partial charge in [-0.15, -0.1) is 0 Å². The predicted octanol–water partition coefficient (Wildman–Crippen LogP) is 0.801. The molecule has 20 heavy (non-hydrogen) atoms. The van der Waals surface area contributed by atoms with Gasteiger partial charge in [0.1, 0.15) is 12.0 Å². The smallest absolute Gasteiger partial charge is 0.242 e. The maximum atomic E-state index is 6.11. The van der Waals surface area contributed by atoms with Crippen LogP contribution in [0.4, 0.5) is 11.5 Å². The Hall–Kier alpha value is -1.60. The molecule has 2 fully saturated rings. The number of ether oxygens (including phenoxy) is 3. The van der Waals surface area contributed by atoms with Crippen LogP contribution in [0.5, 0.6) is 5.88 Å². The van der Waals surface area contributed by atoms with Crippen molar-refractivity contribution in [2.45, 2.75) is 25.6 Å². The Labute approximate surface area is 118 Å². The lowest BCUT2D eigenvalue weighted by Gasteiger charge is -2.39. The summed E-state index contributed by atoms with van der Waals surface area (Å²) in [6.45, 7) is 5.24. The molecule has 0 bridgehead atoms. The summed E-state index contributed by atoms with van der Waals surface area (Å²) in [6, 6.07) is 0. The fourth-order valence-electron chi connectivity index (χ4n) is 2.78. The molecule has 1 aromatic rings. The number of hydrogen-bond acceptors (Lipinski definition) is 7. The molecule has 7 nitrogen and oxygen atoms in total. The second-order valence-corrected chi connectivity index (χ2v) is 4.98. The first-order valence-corrected chi connectivity index (χ1v) is 7.00. The number of nitrogen functional groups attached to an aromatic ring is 1. The van der Waals surface area contributed by atoms with E-state index in [0.717, 1.165) is 19.4 Å². The van der Waals surface area contributed by atoms with Crippen molar-refractivity contribution < 1.29 is 14.2 Å². The molecule has 1 aromatic heterocycles. The van der Waals surface area contributed by atoms with Gasteiger partial charge in [0.05, 0.1) is 26.4 Å². The Morgan fingerprint density at radius 3 is 2.95 bits per heavy atom. The summed E-state index contributed by atoms with van der Waals surface area (Å²) in [5.41, 5.74) is 6.59. The highest BCUT2D eigenvalue weighted by molar-refractivity contribution is 5.68. The minimum absolute atomic E-state index is 0.436. The minimum atomic E-state index is -0.499. The summed E-state index contributed by atoms with van der Waals surface area (Å²) < 4.78 is 17.0. The van der Waals surface area contributed by atoms with Crippen LogP contribution >= 0.6 is 0 Å². The van der Waals surface area contributed by atoms with E-state index in [1.807, 2.05) is 6.92 Å². The minimum Gasteiger partial charge on any atom is -0.476 e. The Balaban J connectivity index is 1.83. The third-order valence-corrected chi connectivity index (χ3v) is 3.64. The van der Waals surface area contributed by atoms with Gasteiger partial charge in [0.2, 0.25) is 5.88 Å². The van der Waals surface area contributed by atoms with E-state index in [9.17, 15) is 0 Å². The third kappa shape index (κ3) is 2.38. The molecular weight excluding hydrogens is 260 g/mol. The molecule has 7 heteroatoms. The van der Waals surface area contributed by atoms with Gasteiger partial charge in [0.15, 0.2) is 11.6 Å². The topological polar surface area (TPSA) is 82.7 Å². The maximum absolute atomic E-state index is 6.11. The molecule has 0 amide bonds. The molecule has 110 valence electrons. The van der Waals surface area contributed by atoms with Crippen molar-refractivity contribution in [1.82, 2.24) is 9.97 Å². The van der Waals surface area contributed by atoms with Gasteiger partial charge in [-0.05, 0) is 13.3 Å². The Morgan fingerprint density at radius 1 is 1.40 bits per heavy atom. The molecule has 0 atom stereocenters. The predicted molar refractivity (Wildman–Crippen MR) is 73.7 cm³/mol. The Morgan fingerprint density at radius 2 is 2.20 bits per heavy atom. The van der Waals surface area contributed by atoms with Crippen LogP contribution in [0, 0.1) is 0 Å². The number of nitrogens with zero attached hydrogens (tertiary/aromatic N) is 3. The van der Waals surface area contributed by atoms with Crippen molar-refractivity contribution >= 4 is 11.5 Å². The van der Waals surface area contributed by atoms with Crippen LogP contribution < -0.4 is 15.4 Å². The second-order valence-electron chi connectivity index (χ2n) is 4.98. The molecule has 3 rings (SSSR count). The van der Waals surface area contributed by atoms with Crippen LogP contribution in [0.25, 0.3) is 0 Å². The first kappa shape index (κ1) is 13.4. The van der Waals surface area contributed by atoms with Gasteiger partial charge in [-0.1, -0.05) is 0 Å². The van der Waals surface area contributed by atoms with Crippen molar-refractivity contribution in [3.05, 3.63) is 6.33 Å². The summed E-state index contributed by atoms with van der Waals surface area (Å²) in [5, 5.41) is 0. The molecule has 0 unspecified atom stereocenters. The Bertz CT molecular complexity index is 477. The van der Waals surface area contributed by atoms with E-state index in [0.29, 0.717) is 43.8 Å². The van der Waals surface area contributed by atoms with Crippen LogP contribution in [0.15, 0.2) is 6.33 Å². The number of anilines is 2. The maximum Gasteiger partial charge on any atom is 0.242 e. The van der Waals surface area contributed by atoms with Gasteiger partial charge in [0.25, 0.3) is 0 Å². The second kappa shape index (κ2) is 5.41. The largest absolute Gasteiger partial charge is 0.476 e. The summed E-state index contributed by atoms with van der Waals surface area (Å²) >= 11 is 0. The van der Waals surface area contributed by atoms with E-state index in [4.69, 9.17) is 19.9 Å². The highest BCUT2D eigenvalue weighted by Crippen LogP contribution is 2.35. The third-order valence-electron chi connectivity index (χ3n) is 3.64. The molecular formula is C13H20N4O3. The number of aromatic nitrogens is 2. The summed E-state index contributed by atoms with van der Waals surface area (Å²) in [7, 11) is 0. The fourth-order valence-corrected chi connectivity index (χ4v) is 2.78. The molecule has 2 aliphatic heterocycles. The van der Waals surface area contributed by atoms with Gasteiger partial charge >= 0.3 is 0 Å². The quantitative estimate of drug-likeness (QED) is 0.876. The zero-order chi connectivity index (χ0) is 14.0. The molecule has 2 aliphatic rings. The number of piperidine rings is 1. The number of nitrogens with two attached hydrogens (primary N) is 1. The average molecular weight is 280 g/mol. The average Bonchev–Trinajstić information content (AvgIpc) is 2.89. The van der Waals surface area contributed by atoms with E-state index in [-0.39, 0.29) is 0 Å². The highest BCUT2D eigenvalue weighted by Gasteiger charge is 2.41. The first-order chi connectivity index (χ1) is 9.74. The molecule has 0 saturated carbocycles. The summed E-state index contributed by atoms with van der Waals surface area (Å²) in [5.74, 6) is 0.633. The molecule has 1 spiro atoms.